The van der Waals surface area contributed by atoms with E-state index in [0.29, 0.717) is 12.2 Å². The van der Waals surface area contributed by atoms with Crippen LogP contribution in [0.15, 0.2) is 48.8 Å². The maximum Gasteiger partial charge on any atom is 0.276 e. The van der Waals surface area contributed by atoms with Crippen LogP contribution in [0.2, 0.25) is 0 Å². The molecule has 7 heteroatoms. The topological polar surface area (TPSA) is 68.8 Å². The summed E-state index contributed by atoms with van der Waals surface area (Å²) in [4.78, 5) is 14.8. The first-order valence-corrected chi connectivity index (χ1v) is 8.50. The second-order valence-corrected chi connectivity index (χ2v) is 6.30. The molecule has 7 nitrogen and oxygen atoms in total. The lowest BCUT2D eigenvalue weighted by Crippen LogP contribution is -2.41. The van der Waals surface area contributed by atoms with Gasteiger partial charge in [0.2, 0.25) is 0 Å². The van der Waals surface area contributed by atoms with E-state index in [1.165, 1.54) is 0 Å². The van der Waals surface area contributed by atoms with E-state index in [0.717, 1.165) is 30.8 Å². The van der Waals surface area contributed by atoms with Crippen LogP contribution < -0.4 is 0 Å². The summed E-state index contributed by atoms with van der Waals surface area (Å²) in [6.07, 6.45) is 5.72. The molecule has 3 aromatic rings. The number of piperidine rings is 1. The Labute approximate surface area is 145 Å². The highest BCUT2D eigenvalue weighted by atomic mass is 16.2. The average molecular weight is 336 g/mol. The molecule has 2 aromatic heterocycles. The summed E-state index contributed by atoms with van der Waals surface area (Å²) in [5.74, 6) is -0.0588. The zero-order valence-electron chi connectivity index (χ0n) is 14.1. The zero-order chi connectivity index (χ0) is 17.2. The number of nitrogens with zero attached hydrogens (tertiary/aromatic N) is 6. The Hall–Kier alpha value is -2.96. The van der Waals surface area contributed by atoms with Gasteiger partial charge in [0, 0.05) is 25.5 Å². The molecule has 0 saturated carbocycles. The molecule has 1 atom stereocenters. The molecule has 0 spiro atoms. The molecule has 0 bridgehead atoms. The maximum absolute atomic E-state index is 13.0. The van der Waals surface area contributed by atoms with Gasteiger partial charge in [0.1, 0.15) is 0 Å². The van der Waals surface area contributed by atoms with Crippen molar-refractivity contribution in [2.24, 2.45) is 0 Å². The Kier molecular flexibility index (Phi) is 4.05. The predicted molar refractivity (Wildman–Crippen MR) is 92.5 cm³/mol. The standard InChI is InChI=1S/C18H20N6O/c1-14-17(20-21-24(14)15-7-3-2-4-8-15)18(25)22-11-5-9-16(13-22)23-12-6-10-19-23/h2-4,6-8,10,12,16H,5,9,11,13H2,1H3/t16-/m0/s1. The van der Waals surface area contributed by atoms with Crippen molar-refractivity contribution in [3.05, 3.63) is 60.2 Å². The summed E-state index contributed by atoms with van der Waals surface area (Å²) in [5.41, 5.74) is 2.09. The van der Waals surface area contributed by atoms with E-state index >= 15 is 0 Å². The van der Waals surface area contributed by atoms with Gasteiger partial charge in [0.05, 0.1) is 17.4 Å². The van der Waals surface area contributed by atoms with Crippen molar-refractivity contribution in [3.63, 3.8) is 0 Å². The summed E-state index contributed by atoms with van der Waals surface area (Å²) >= 11 is 0. The lowest BCUT2D eigenvalue weighted by atomic mass is 10.1. The van der Waals surface area contributed by atoms with E-state index < -0.39 is 0 Å². The van der Waals surface area contributed by atoms with Crippen molar-refractivity contribution in [3.8, 4) is 5.69 Å². The highest BCUT2D eigenvalue weighted by Crippen LogP contribution is 2.23. The quantitative estimate of drug-likeness (QED) is 0.736. The molecule has 0 N–H and O–H groups in total. The molecule has 0 aliphatic carbocycles. The Bertz CT molecular complexity index is 855. The molecule has 128 valence electrons. The van der Waals surface area contributed by atoms with Crippen LogP contribution in [0.25, 0.3) is 5.69 Å². The van der Waals surface area contributed by atoms with Crippen LogP contribution in [0.5, 0.6) is 0 Å². The number of hydrogen-bond acceptors (Lipinski definition) is 4. The maximum atomic E-state index is 13.0. The minimum atomic E-state index is -0.0588. The molecule has 4 rings (SSSR count). The predicted octanol–water partition coefficient (Wildman–Crippen LogP) is 2.25. The van der Waals surface area contributed by atoms with Gasteiger partial charge < -0.3 is 4.90 Å². The first kappa shape index (κ1) is 15.6. The monoisotopic (exact) mass is 336 g/mol. The Balaban J connectivity index is 1.56. The number of likely N-dealkylation sites (tertiary alicyclic amines) is 1. The van der Waals surface area contributed by atoms with Gasteiger partial charge in [0.25, 0.3) is 5.91 Å². The van der Waals surface area contributed by atoms with Gasteiger partial charge in [0.15, 0.2) is 5.69 Å². The Morgan fingerprint density at radius 3 is 2.80 bits per heavy atom. The molecule has 25 heavy (non-hydrogen) atoms. The molecule has 0 radical (unpaired) electrons. The van der Waals surface area contributed by atoms with E-state index in [1.54, 1.807) is 10.9 Å². The van der Waals surface area contributed by atoms with Gasteiger partial charge >= 0.3 is 0 Å². The summed E-state index contributed by atoms with van der Waals surface area (Å²) in [6, 6.07) is 11.9. The fourth-order valence-electron chi connectivity index (χ4n) is 3.34. The van der Waals surface area contributed by atoms with Gasteiger partial charge in [-0.1, -0.05) is 23.4 Å². The van der Waals surface area contributed by atoms with Crippen LogP contribution in [0.1, 0.15) is 35.1 Å². The number of aromatic nitrogens is 5. The summed E-state index contributed by atoms with van der Waals surface area (Å²) in [6.45, 7) is 3.28. The minimum absolute atomic E-state index is 0.0588. The summed E-state index contributed by atoms with van der Waals surface area (Å²) in [5, 5.41) is 12.6. The van der Waals surface area contributed by atoms with Crippen LogP contribution in [0.4, 0.5) is 0 Å². The van der Waals surface area contributed by atoms with Crippen LogP contribution in [-0.4, -0.2) is 48.7 Å². The van der Waals surface area contributed by atoms with E-state index in [2.05, 4.69) is 15.4 Å². The van der Waals surface area contributed by atoms with E-state index in [4.69, 9.17) is 0 Å². The second-order valence-electron chi connectivity index (χ2n) is 6.30. The van der Waals surface area contributed by atoms with Crippen molar-refractivity contribution in [1.82, 2.24) is 29.7 Å². The normalized spacial score (nSPS) is 17.6. The molecule has 1 aliphatic heterocycles. The number of benzene rings is 1. The molecule has 1 fully saturated rings. The Morgan fingerprint density at radius 2 is 2.04 bits per heavy atom. The molecule has 3 heterocycles. The zero-order valence-corrected chi connectivity index (χ0v) is 14.1. The lowest BCUT2D eigenvalue weighted by Gasteiger charge is -2.32. The molecule has 0 unspecified atom stereocenters. The fraction of sp³-hybridized carbons (Fsp3) is 0.333. The van der Waals surface area contributed by atoms with Crippen LogP contribution >= 0.6 is 0 Å². The molecule has 1 aliphatic rings. The first-order chi connectivity index (χ1) is 12.2. The number of hydrogen-bond donors (Lipinski definition) is 0. The largest absolute Gasteiger partial charge is 0.335 e. The van der Waals surface area contributed by atoms with Crippen molar-refractivity contribution in [2.45, 2.75) is 25.8 Å². The van der Waals surface area contributed by atoms with Crippen LogP contribution in [-0.2, 0) is 0 Å². The van der Waals surface area contributed by atoms with Gasteiger partial charge in [-0.05, 0) is 38.0 Å². The minimum Gasteiger partial charge on any atom is -0.335 e. The molecule has 1 aromatic carbocycles. The SMILES string of the molecule is Cc1c(C(=O)N2CCC[C@H](n3cccn3)C2)nnn1-c1ccccc1. The first-order valence-electron chi connectivity index (χ1n) is 8.50. The van der Waals surface area contributed by atoms with Crippen molar-refractivity contribution < 1.29 is 4.79 Å². The number of rotatable bonds is 3. The smallest absolute Gasteiger partial charge is 0.276 e. The Morgan fingerprint density at radius 1 is 1.20 bits per heavy atom. The van der Waals surface area contributed by atoms with Crippen LogP contribution in [0, 0.1) is 6.92 Å². The third-order valence-corrected chi connectivity index (χ3v) is 4.68. The number of carbonyl (C=O) groups excluding carboxylic acids is 1. The van der Waals surface area contributed by atoms with E-state index in [9.17, 15) is 4.79 Å². The summed E-state index contributed by atoms with van der Waals surface area (Å²) in [7, 11) is 0. The van der Waals surface area contributed by atoms with Gasteiger partial charge in [-0.3, -0.25) is 9.48 Å². The number of amides is 1. The fourth-order valence-corrected chi connectivity index (χ4v) is 3.34. The number of carbonyl (C=O) groups is 1. The van der Waals surface area contributed by atoms with Crippen molar-refractivity contribution >= 4 is 5.91 Å². The average Bonchev–Trinajstić information content (AvgIpc) is 3.32. The van der Waals surface area contributed by atoms with E-state index in [-0.39, 0.29) is 11.9 Å². The van der Waals surface area contributed by atoms with Gasteiger partial charge in [-0.25, -0.2) is 4.68 Å². The van der Waals surface area contributed by atoms with Crippen molar-refractivity contribution in [1.29, 1.82) is 0 Å². The number of para-hydroxylation sites is 1. The third kappa shape index (κ3) is 2.93. The lowest BCUT2D eigenvalue weighted by molar-refractivity contribution is 0.0666. The molecular formula is C18H20N6O. The summed E-state index contributed by atoms with van der Waals surface area (Å²) < 4.78 is 3.65. The van der Waals surface area contributed by atoms with Crippen LogP contribution in [0.3, 0.4) is 0 Å². The van der Waals surface area contributed by atoms with Gasteiger partial charge in [-0.15, -0.1) is 5.10 Å². The molecule has 1 saturated heterocycles. The van der Waals surface area contributed by atoms with Crippen molar-refractivity contribution in [2.75, 3.05) is 13.1 Å². The highest BCUT2D eigenvalue weighted by molar-refractivity contribution is 5.93. The molecular weight excluding hydrogens is 316 g/mol. The second kappa shape index (κ2) is 6.51. The third-order valence-electron chi connectivity index (χ3n) is 4.68. The molecule has 1 amide bonds. The highest BCUT2D eigenvalue weighted by Gasteiger charge is 2.28. The van der Waals surface area contributed by atoms with E-state index in [1.807, 2.05) is 59.1 Å². The van der Waals surface area contributed by atoms with Gasteiger partial charge in [-0.2, -0.15) is 5.10 Å².